The second-order valence-corrected chi connectivity index (χ2v) is 22.3. The Morgan fingerprint density at radius 3 is 2.42 bits per heavy atom. The van der Waals surface area contributed by atoms with Gasteiger partial charge in [-0.05, 0) is 77.3 Å². The monoisotopic (exact) mass is 682 g/mol. The largest absolute Gasteiger partial charge is 0.352 e. The van der Waals surface area contributed by atoms with Crippen LogP contribution in [0, 0.1) is 40.9 Å². The summed E-state index contributed by atoms with van der Waals surface area (Å²) in [5.74, 6) is 5.79. The number of thioether (sulfide) groups is 1. The number of rotatable bonds is 6. The van der Waals surface area contributed by atoms with Crippen LogP contribution in [0.4, 0.5) is 14.6 Å². The molecule has 4 nitrogen and oxygen atoms in total. The molecule has 3 aliphatic rings. The number of pyridine rings is 1. The molecule has 252 valence electrons. The molecule has 2 aromatic carbocycles. The van der Waals surface area contributed by atoms with Gasteiger partial charge < -0.3 is 4.90 Å². The van der Waals surface area contributed by atoms with Crippen molar-refractivity contribution >= 4 is 47.3 Å². The van der Waals surface area contributed by atoms with Gasteiger partial charge in [-0.25, -0.2) is 23.7 Å². The zero-order valence-corrected chi connectivity index (χ0v) is 31.4. The average Bonchev–Trinajstić information content (AvgIpc) is 3.36. The quantitative estimate of drug-likeness (QED) is 0.0876. The predicted molar refractivity (Wildman–Crippen MR) is 199 cm³/mol. The van der Waals surface area contributed by atoms with E-state index in [4.69, 9.17) is 15.0 Å². The van der Waals surface area contributed by atoms with Crippen LogP contribution in [0.1, 0.15) is 85.9 Å². The van der Waals surface area contributed by atoms with Gasteiger partial charge in [-0.3, -0.25) is 0 Å². The first-order valence-electron chi connectivity index (χ1n) is 18.0. The SMILES string of the molecule is CCSc1nc2c3c(nc(-c4cccc5ccc(F)c(C#C[Si](C(C)C)(C(C)C)C(C)C)c45)c(F)c3n1)C[C@H](C)[C@H]1[C@@H]3CC[C@@H](C3)CN21. The number of nitrogens with zero attached hydrogens (tertiary/aromatic N) is 4. The van der Waals surface area contributed by atoms with Gasteiger partial charge in [-0.2, -0.15) is 0 Å². The topological polar surface area (TPSA) is 41.9 Å². The fourth-order valence-corrected chi connectivity index (χ4v) is 15.7. The fourth-order valence-electron chi connectivity index (χ4n) is 9.88. The minimum atomic E-state index is -2.17. The zero-order chi connectivity index (χ0) is 34.1. The summed E-state index contributed by atoms with van der Waals surface area (Å²) in [6.45, 7) is 18.9. The first kappa shape index (κ1) is 33.5. The van der Waals surface area contributed by atoms with Crippen LogP contribution in [0.5, 0.6) is 0 Å². The van der Waals surface area contributed by atoms with Crippen molar-refractivity contribution in [1.29, 1.82) is 0 Å². The van der Waals surface area contributed by atoms with Crippen molar-refractivity contribution in [2.75, 3.05) is 17.2 Å². The third-order valence-corrected chi connectivity index (χ3v) is 18.9. The number of benzene rings is 2. The Bertz CT molecular complexity index is 1940. The zero-order valence-electron chi connectivity index (χ0n) is 29.6. The summed E-state index contributed by atoms with van der Waals surface area (Å²) in [6.07, 6.45) is 4.48. The Morgan fingerprint density at radius 1 is 0.958 bits per heavy atom. The van der Waals surface area contributed by atoms with Crippen LogP contribution in [-0.4, -0.2) is 41.4 Å². The van der Waals surface area contributed by atoms with Crippen LogP contribution in [0.25, 0.3) is 32.9 Å². The van der Waals surface area contributed by atoms with Gasteiger partial charge in [0.05, 0.1) is 16.6 Å². The molecule has 0 N–H and O–H groups in total. The first-order chi connectivity index (χ1) is 23.0. The van der Waals surface area contributed by atoms with Gasteiger partial charge in [0.15, 0.2) is 11.0 Å². The number of halogens is 2. The maximum absolute atomic E-state index is 17.3. The summed E-state index contributed by atoms with van der Waals surface area (Å²) in [6, 6.07) is 9.37. The van der Waals surface area contributed by atoms with Crippen LogP contribution in [0.15, 0.2) is 35.5 Å². The van der Waals surface area contributed by atoms with Crippen LogP contribution in [0.3, 0.4) is 0 Å². The molecule has 2 fully saturated rings. The van der Waals surface area contributed by atoms with E-state index in [0.29, 0.717) is 67.6 Å². The molecule has 4 aromatic rings. The molecular formula is C40H48F2N4SSi. The molecule has 2 aliphatic heterocycles. The molecule has 4 heterocycles. The van der Waals surface area contributed by atoms with E-state index in [1.807, 2.05) is 18.2 Å². The van der Waals surface area contributed by atoms with E-state index in [2.05, 4.69) is 71.8 Å². The number of fused-ring (bicyclic) bond motifs is 6. The van der Waals surface area contributed by atoms with Crippen LogP contribution < -0.4 is 4.90 Å². The molecule has 8 heteroatoms. The number of hydrogen-bond donors (Lipinski definition) is 0. The predicted octanol–water partition coefficient (Wildman–Crippen LogP) is 10.6. The van der Waals surface area contributed by atoms with Gasteiger partial charge in [0.1, 0.15) is 30.9 Å². The Kier molecular flexibility index (Phi) is 8.86. The summed E-state index contributed by atoms with van der Waals surface area (Å²) in [4.78, 5) is 17.6. The third kappa shape index (κ3) is 5.26. The summed E-state index contributed by atoms with van der Waals surface area (Å²) in [5.41, 5.74) is 7.23. The van der Waals surface area contributed by atoms with E-state index < -0.39 is 13.9 Å². The maximum Gasteiger partial charge on any atom is 0.190 e. The molecule has 2 aromatic heterocycles. The van der Waals surface area contributed by atoms with E-state index in [0.717, 1.165) is 41.0 Å². The Hall–Kier alpha value is -3.02. The van der Waals surface area contributed by atoms with Gasteiger partial charge in [0.25, 0.3) is 0 Å². The molecule has 48 heavy (non-hydrogen) atoms. The van der Waals surface area contributed by atoms with Gasteiger partial charge >= 0.3 is 0 Å². The molecule has 1 saturated heterocycles. The summed E-state index contributed by atoms with van der Waals surface area (Å²) < 4.78 is 33.3. The second kappa shape index (κ2) is 12.7. The number of hydrogen-bond acceptors (Lipinski definition) is 5. The molecule has 7 rings (SSSR count). The molecule has 4 atom stereocenters. The first-order valence-corrected chi connectivity index (χ1v) is 21.2. The third-order valence-electron chi connectivity index (χ3n) is 11.9. The van der Waals surface area contributed by atoms with Crippen molar-refractivity contribution in [3.8, 4) is 22.7 Å². The molecule has 1 aliphatic carbocycles. The summed E-state index contributed by atoms with van der Waals surface area (Å²) in [5, 5.41) is 2.79. The van der Waals surface area contributed by atoms with E-state index in [-0.39, 0.29) is 11.5 Å². The maximum atomic E-state index is 17.3. The number of piperidine rings is 1. The van der Waals surface area contributed by atoms with E-state index in [1.165, 1.54) is 25.3 Å². The Morgan fingerprint density at radius 2 is 1.71 bits per heavy atom. The lowest BCUT2D eigenvalue weighted by Crippen LogP contribution is -2.49. The van der Waals surface area contributed by atoms with E-state index in [1.54, 1.807) is 17.8 Å². The van der Waals surface area contributed by atoms with Crippen molar-refractivity contribution < 1.29 is 8.78 Å². The molecule has 2 bridgehead atoms. The molecule has 0 radical (unpaired) electrons. The lowest BCUT2D eigenvalue weighted by atomic mass is 9.82. The van der Waals surface area contributed by atoms with Gasteiger partial charge in [-0.1, -0.05) is 97.3 Å². The van der Waals surface area contributed by atoms with Gasteiger partial charge in [0.2, 0.25) is 0 Å². The molecular weight excluding hydrogens is 635 g/mol. The van der Waals surface area contributed by atoms with Gasteiger partial charge in [0, 0.05) is 23.5 Å². The standard InChI is InChI=1S/C40H48F2N4SSi/c1-9-47-40-44-37-34-32(19-25(8)38-28-14-13-26(20-28)21-46(38)39(34)45-40)43-36(35(37)42)30-12-10-11-27-15-16-31(41)29(33(27)30)17-18-48(22(2)3,23(4)5)24(6)7/h10-12,15-16,22-26,28,38H,9,13-14,19-21H2,1-8H3/t25-,26-,28+,38-/m0/s1. The van der Waals surface area contributed by atoms with Crippen molar-refractivity contribution in [2.45, 2.75) is 109 Å². The van der Waals surface area contributed by atoms with Crippen LogP contribution in [0.2, 0.25) is 16.6 Å². The highest BCUT2D eigenvalue weighted by Gasteiger charge is 2.46. The lowest BCUT2D eigenvalue weighted by molar-refractivity contribution is 0.265. The van der Waals surface area contributed by atoms with Crippen molar-refractivity contribution in [3.05, 3.63) is 53.2 Å². The molecule has 0 unspecified atom stereocenters. The molecule has 0 amide bonds. The number of anilines is 1. The highest BCUT2D eigenvalue weighted by molar-refractivity contribution is 7.99. The highest BCUT2D eigenvalue weighted by Crippen LogP contribution is 2.49. The lowest BCUT2D eigenvalue weighted by Gasteiger charge is -2.43. The molecule has 1 saturated carbocycles. The fraction of sp³-hybridized carbons (Fsp3) is 0.525. The highest BCUT2D eigenvalue weighted by atomic mass is 32.2. The van der Waals surface area contributed by atoms with E-state index in [9.17, 15) is 0 Å². The summed E-state index contributed by atoms with van der Waals surface area (Å²) in [7, 11) is -2.17. The molecule has 0 spiro atoms. The average molecular weight is 683 g/mol. The summed E-state index contributed by atoms with van der Waals surface area (Å²) >= 11 is 1.55. The Balaban J connectivity index is 1.49. The smallest absolute Gasteiger partial charge is 0.190 e. The normalized spacial score (nSPS) is 22.1. The number of aromatic nitrogens is 3. The Labute approximate surface area is 289 Å². The second-order valence-electron chi connectivity index (χ2n) is 15.4. The van der Waals surface area contributed by atoms with Crippen LogP contribution >= 0.6 is 11.8 Å². The van der Waals surface area contributed by atoms with E-state index >= 15 is 8.78 Å². The van der Waals surface area contributed by atoms with Gasteiger partial charge in [-0.15, -0.1) is 5.54 Å². The van der Waals surface area contributed by atoms with Crippen molar-refractivity contribution in [1.82, 2.24) is 15.0 Å². The minimum absolute atomic E-state index is 0.225. The minimum Gasteiger partial charge on any atom is -0.352 e. The van der Waals surface area contributed by atoms with Crippen LogP contribution in [-0.2, 0) is 6.42 Å². The van der Waals surface area contributed by atoms with Crippen molar-refractivity contribution in [3.63, 3.8) is 0 Å². The van der Waals surface area contributed by atoms with Crippen molar-refractivity contribution in [2.24, 2.45) is 17.8 Å².